The third-order valence-electron chi connectivity index (χ3n) is 5.74. The molecule has 0 amide bonds. The van der Waals surface area contributed by atoms with Gasteiger partial charge >= 0.3 is 5.97 Å². The van der Waals surface area contributed by atoms with Gasteiger partial charge in [-0.2, -0.15) is 0 Å². The normalized spacial score (nSPS) is 45.2. The van der Waals surface area contributed by atoms with Gasteiger partial charge in [-0.25, -0.2) is 4.79 Å². The number of carboxylic acids is 1. The first kappa shape index (κ1) is 15.5. The first-order valence-electron chi connectivity index (χ1n) is 7.10. The van der Waals surface area contributed by atoms with Gasteiger partial charge in [0.2, 0.25) is 0 Å². The minimum atomic E-state index is -1.01. The molecular weight excluding hydrogens is 260 g/mol. The molecule has 0 spiro atoms. The molecule has 114 valence electrons. The van der Waals surface area contributed by atoms with Gasteiger partial charge in [-0.15, -0.1) is 0 Å². The van der Waals surface area contributed by atoms with Crippen molar-refractivity contribution in [2.75, 3.05) is 6.61 Å². The third-order valence-corrected chi connectivity index (χ3v) is 5.74. The van der Waals surface area contributed by atoms with Crippen LogP contribution < -0.4 is 0 Å². The maximum Gasteiger partial charge on any atom is 0.332 e. The topological polar surface area (TPSA) is 98.0 Å². The predicted molar refractivity (Wildman–Crippen MR) is 73.0 cm³/mol. The van der Waals surface area contributed by atoms with Gasteiger partial charge < -0.3 is 20.4 Å². The Hall–Kier alpha value is -0.910. The van der Waals surface area contributed by atoms with Crippen molar-refractivity contribution in [2.24, 2.45) is 16.7 Å². The Morgan fingerprint density at radius 3 is 2.45 bits per heavy atom. The summed E-state index contributed by atoms with van der Waals surface area (Å²) in [6.07, 6.45) is -0.0982. The third kappa shape index (κ3) is 1.91. The molecule has 4 N–H and O–H groups in total. The van der Waals surface area contributed by atoms with E-state index in [1.165, 1.54) is 0 Å². The molecule has 0 bridgehead atoms. The number of hydrogen-bond acceptors (Lipinski definition) is 4. The van der Waals surface area contributed by atoms with Gasteiger partial charge in [-0.3, -0.25) is 0 Å². The maximum absolute atomic E-state index is 11.7. The van der Waals surface area contributed by atoms with E-state index in [9.17, 15) is 25.2 Å². The van der Waals surface area contributed by atoms with E-state index in [2.05, 4.69) is 0 Å². The number of rotatable bonds is 2. The van der Waals surface area contributed by atoms with E-state index >= 15 is 0 Å². The van der Waals surface area contributed by atoms with Crippen LogP contribution in [0, 0.1) is 16.7 Å². The monoisotopic (exact) mass is 284 g/mol. The van der Waals surface area contributed by atoms with Crippen LogP contribution >= 0.6 is 0 Å². The van der Waals surface area contributed by atoms with Crippen molar-refractivity contribution in [3.63, 3.8) is 0 Å². The molecule has 5 atom stereocenters. The summed E-state index contributed by atoms with van der Waals surface area (Å²) in [5, 5.41) is 39.7. The lowest BCUT2D eigenvalue weighted by atomic mass is 9.48. The van der Waals surface area contributed by atoms with E-state index in [4.69, 9.17) is 0 Å². The zero-order valence-electron chi connectivity index (χ0n) is 12.3. The van der Waals surface area contributed by atoms with Crippen molar-refractivity contribution in [1.82, 2.24) is 0 Å². The maximum atomic E-state index is 11.7. The molecule has 0 aliphatic heterocycles. The number of aliphatic hydroxyl groups is 3. The quantitative estimate of drug-likeness (QED) is 0.604. The van der Waals surface area contributed by atoms with Gasteiger partial charge in [-0.05, 0) is 37.7 Å². The first-order valence-corrected chi connectivity index (χ1v) is 7.10. The Labute approximate surface area is 118 Å². The van der Waals surface area contributed by atoms with E-state index in [0.29, 0.717) is 24.8 Å². The Balaban J connectivity index is 2.59. The van der Waals surface area contributed by atoms with Crippen molar-refractivity contribution in [3.8, 4) is 0 Å². The van der Waals surface area contributed by atoms with Crippen molar-refractivity contribution in [1.29, 1.82) is 0 Å². The van der Waals surface area contributed by atoms with Crippen LogP contribution in [0.5, 0.6) is 0 Å². The van der Waals surface area contributed by atoms with E-state index in [1.54, 1.807) is 13.8 Å². The SMILES string of the molecule is CC1=C(C(=O)O)[C@@]2(C)CC[C@H](O)[C@@](C)(CO)[C@@H]2C[C@@H]1O. The second-order valence-electron chi connectivity index (χ2n) is 6.80. The Kier molecular flexibility index (Phi) is 3.73. The second kappa shape index (κ2) is 4.83. The van der Waals surface area contributed by atoms with Crippen molar-refractivity contribution in [3.05, 3.63) is 11.1 Å². The largest absolute Gasteiger partial charge is 0.478 e. The lowest BCUT2D eigenvalue weighted by Gasteiger charge is -2.57. The van der Waals surface area contributed by atoms with Crippen LogP contribution in [-0.4, -0.2) is 45.2 Å². The molecule has 0 unspecified atom stereocenters. The second-order valence-corrected chi connectivity index (χ2v) is 6.80. The van der Waals surface area contributed by atoms with Crippen molar-refractivity contribution < 1.29 is 25.2 Å². The average molecular weight is 284 g/mol. The van der Waals surface area contributed by atoms with Crippen LogP contribution in [0.3, 0.4) is 0 Å². The molecule has 5 nitrogen and oxygen atoms in total. The summed E-state index contributed by atoms with van der Waals surface area (Å²) in [7, 11) is 0. The molecular formula is C15H24O5. The number of carboxylic acid groups (broad SMARTS) is 1. The van der Waals surface area contributed by atoms with E-state index in [-0.39, 0.29) is 18.1 Å². The van der Waals surface area contributed by atoms with Gasteiger partial charge in [0, 0.05) is 16.4 Å². The molecule has 0 aromatic rings. The van der Waals surface area contributed by atoms with Crippen LogP contribution in [0.1, 0.15) is 40.0 Å². The standard InChI is InChI=1S/C15H24O5/c1-8-9(17)6-10-14(2,12(8)13(19)20)5-4-11(18)15(10,3)7-16/h9-11,16-18H,4-7H2,1-3H3,(H,19,20)/t9-,10+,11-,14-,15-/m0/s1. The van der Waals surface area contributed by atoms with Crippen LogP contribution in [0.25, 0.3) is 0 Å². The molecule has 1 saturated carbocycles. The molecule has 1 fully saturated rings. The van der Waals surface area contributed by atoms with E-state index in [0.717, 1.165) is 0 Å². The van der Waals surface area contributed by atoms with Gasteiger partial charge in [0.25, 0.3) is 0 Å². The molecule has 0 aromatic heterocycles. The lowest BCUT2D eigenvalue weighted by molar-refractivity contribution is -0.149. The predicted octanol–water partition coefficient (Wildman–Crippen LogP) is 0.928. The summed E-state index contributed by atoms with van der Waals surface area (Å²) in [5.74, 6) is -1.26. The fourth-order valence-corrected chi connectivity index (χ4v) is 4.37. The highest BCUT2D eigenvalue weighted by Crippen LogP contribution is 2.59. The van der Waals surface area contributed by atoms with Gasteiger partial charge in [0.05, 0.1) is 18.8 Å². The van der Waals surface area contributed by atoms with Gasteiger partial charge in [0.1, 0.15) is 0 Å². The van der Waals surface area contributed by atoms with Gasteiger partial charge in [0.15, 0.2) is 0 Å². The summed E-state index contributed by atoms with van der Waals surface area (Å²) >= 11 is 0. The number of aliphatic carboxylic acids is 1. The number of hydrogen-bond donors (Lipinski definition) is 4. The van der Waals surface area contributed by atoms with Crippen molar-refractivity contribution in [2.45, 2.75) is 52.2 Å². The highest BCUT2D eigenvalue weighted by Gasteiger charge is 2.58. The fraction of sp³-hybridized carbons (Fsp3) is 0.800. The van der Waals surface area contributed by atoms with E-state index < -0.39 is 29.0 Å². The smallest absolute Gasteiger partial charge is 0.332 e. The van der Waals surface area contributed by atoms with Crippen LogP contribution in [-0.2, 0) is 4.79 Å². The number of fused-ring (bicyclic) bond motifs is 1. The number of carbonyl (C=O) groups is 1. The molecule has 2 aliphatic carbocycles. The average Bonchev–Trinajstić information content (AvgIpc) is 2.38. The molecule has 0 heterocycles. The molecule has 2 aliphatic rings. The summed E-state index contributed by atoms with van der Waals surface area (Å²) < 4.78 is 0. The molecule has 0 aromatic carbocycles. The zero-order chi connectivity index (χ0) is 15.3. The van der Waals surface area contributed by atoms with Crippen LogP contribution in [0.2, 0.25) is 0 Å². The highest BCUT2D eigenvalue weighted by atomic mass is 16.4. The Morgan fingerprint density at radius 2 is 1.95 bits per heavy atom. The fourth-order valence-electron chi connectivity index (χ4n) is 4.37. The lowest BCUT2D eigenvalue weighted by Crippen LogP contribution is -2.57. The minimum absolute atomic E-state index is 0.215. The zero-order valence-corrected chi connectivity index (χ0v) is 12.3. The molecule has 2 rings (SSSR count). The Morgan fingerprint density at radius 1 is 1.35 bits per heavy atom. The van der Waals surface area contributed by atoms with E-state index in [1.807, 2.05) is 6.92 Å². The molecule has 5 heteroatoms. The van der Waals surface area contributed by atoms with Crippen molar-refractivity contribution >= 4 is 5.97 Å². The summed E-state index contributed by atoms with van der Waals surface area (Å²) in [6.45, 7) is 5.12. The summed E-state index contributed by atoms with van der Waals surface area (Å²) in [4.78, 5) is 11.7. The molecule has 0 radical (unpaired) electrons. The summed E-state index contributed by atoms with van der Waals surface area (Å²) in [6, 6.07) is 0. The number of aliphatic hydroxyl groups excluding tert-OH is 3. The Bertz CT molecular complexity index is 457. The minimum Gasteiger partial charge on any atom is -0.478 e. The highest BCUT2D eigenvalue weighted by molar-refractivity contribution is 5.89. The molecule has 20 heavy (non-hydrogen) atoms. The van der Waals surface area contributed by atoms with Crippen LogP contribution in [0.15, 0.2) is 11.1 Å². The summed E-state index contributed by atoms with van der Waals surface area (Å²) in [5.41, 5.74) is -0.637. The molecule has 0 saturated heterocycles. The van der Waals surface area contributed by atoms with Gasteiger partial charge in [-0.1, -0.05) is 13.8 Å². The van der Waals surface area contributed by atoms with Crippen LogP contribution in [0.4, 0.5) is 0 Å². The first-order chi connectivity index (χ1) is 9.18.